The van der Waals surface area contributed by atoms with Crippen LogP contribution >= 0.6 is 28.1 Å². The zero-order valence-corrected chi connectivity index (χ0v) is 8.59. The second kappa shape index (κ2) is 4.07. The Labute approximate surface area is 80.6 Å². The fourth-order valence-corrected chi connectivity index (χ4v) is 1.02. The molecule has 0 heterocycles. The fraction of sp³-hybridized carbons (Fsp3) is 0.571. The van der Waals surface area contributed by atoms with Crippen molar-refractivity contribution in [1.29, 1.82) is 0 Å². The number of nitrogens with one attached hydrogen (secondary N) is 2. The Balaban J connectivity index is 2.04. The molecule has 11 heavy (non-hydrogen) atoms. The van der Waals surface area contributed by atoms with Gasteiger partial charge in [-0.05, 0) is 25.1 Å². The molecule has 0 atom stereocenters. The van der Waals surface area contributed by atoms with E-state index in [4.69, 9.17) is 12.2 Å². The van der Waals surface area contributed by atoms with Crippen LogP contribution in [0.25, 0.3) is 0 Å². The van der Waals surface area contributed by atoms with Crippen LogP contribution in [0.5, 0.6) is 0 Å². The Morgan fingerprint density at radius 2 is 2.27 bits per heavy atom. The molecule has 0 aromatic carbocycles. The first-order valence-electron chi connectivity index (χ1n) is 3.56. The zero-order valence-electron chi connectivity index (χ0n) is 6.19. The Morgan fingerprint density at radius 1 is 1.64 bits per heavy atom. The van der Waals surface area contributed by atoms with Gasteiger partial charge in [0.05, 0.1) is 0 Å². The molecule has 62 valence electrons. The summed E-state index contributed by atoms with van der Waals surface area (Å²) < 4.78 is 0.914. The van der Waals surface area contributed by atoms with E-state index in [0.717, 1.165) is 9.59 Å². The molecule has 0 spiro atoms. The quantitative estimate of drug-likeness (QED) is 0.725. The van der Waals surface area contributed by atoms with Crippen LogP contribution in [0.15, 0.2) is 11.1 Å². The van der Waals surface area contributed by atoms with Crippen molar-refractivity contribution in [1.82, 2.24) is 10.6 Å². The first-order chi connectivity index (χ1) is 5.18. The van der Waals surface area contributed by atoms with Gasteiger partial charge in [0, 0.05) is 17.1 Å². The molecule has 4 heteroatoms. The van der Waals surface area contributed by atoms with Crippen molar-refractivity contribution in [2.45, 2.75) is 18.9 Å². The molecular weight excluding hydrogens is 224 g/mol. The van der Waals surface area contributed by atoms with Gasteiger partial charge >= 0.3 is 0 Å². The molecule has 1 rings (SSSR count). The minimum atomic E-state index is 0.624. The maximum Gasteiger partial charge on any atom is 0.166 e. The van der Waals surface area contributed by atoms with Gasteiger partial charge in [-0.1, -0.05) is 22.5 Å². The fourth-order valence-electron chi connectivity index (χ4n) is 0.640. The van der Waals surface area contributed by atoms with E-state index in [-0.39, 0.29) is 0 Å². The zero-order chi connectivity index (χ0) is 8.27. The van der Waals surface area contributed by atoms with Crippen LogP contribution in [0.1, 0.15) is 12.8 Å². The summed E-state index contributed by atoms with van der Waals surface area (Å²) in [5.74, 6) is 0. The van der Waals surface area contributed by atoms with Crippen LogP contribution in [0.4, 0.5) is 0 Å². The van der Waals surface area contributed by atoms with E-state index in [1.54, 1.807) is 0 Å². The van der Waals surface area contributed by atoms with E-state index in [9.17, 15) is 0 Å². The average Bonchev–Trinajstić information content (AvgIpc) is 2.67. The Morgan fingerprint density at radius 3 is 2.73 bits per heavy atom. The van der Waals surface area contributed by atoms with Crippen LogP contribution in [0, 0.1) is 0 Å². The molecule has 0 saturated heterocycles. The van der Waals surface area contributed by atoms with Gasteiger partial charge in [-0.2, -0.15) is 0 Å². The van der Waals surface area contributed by atoms with E-state index >= 15 is 0 Å². The lowest BCUT2D eigenvalue weighted by Gasteiger charge is -2.07. The predicted octanol–water partition coefficient (Wildman–Crippen LogP) is 1.52. The molecule has 0 amide bonds. The van der Waals surface area contributed by atoms with Gasteiger partial charge in [0.2, 0.25) is 0 Å². The summed E-state index contributed by atoms with van der Waals surface area (Å²) in [6, 6.07) is 0.624. The summed E-state index contributed by atoms with van der Waals surface area (Å²) in [6.07, 6.45) is 2.49. The van der Waals surface area contributed by atoms with E-state index in [2.05, 4.69) is 33.1 Å². The van der Waals surface area contributed by atoms with Crippen molar-refractivity contribution in [3.05, 3.63) is 11.1 Å². The van der Waals surface area contributed by atoms with Gasteiger partial charge < -0.3 is 10.6 Å². The van der Waals surface area contributed by atoms with Crippen molar-refractivity contribution in [2.24, 2.45) is 0 Å². The molecule has 1 saturated carbocycles. The molecule has 0 aromatic heterocycles. The third-order valence-electron chi connectivity index (χ3n) is 1.35. The SMILES string of the molecule is C=C(Br)CNC(=S)NC1CC1. The van der Waals surface area contributed by atoms with Crippen LogP contribution in [-0.2, 0) is 0 Å². The first kappa shape index (κ1) is 9.00. The van der Waals surface area contributed by atoms with Crippen LogP contribution in [0.2, 0.25) is 0 Å². The smallest absolute Gasteiger partial charge is 0.166 e. The highest BCUT2D eigenvalue weighted by Crippen LogP contribution is 2.18. The average molecular weight is 235 g/mol. The Kier molecular flexibility index (Phi) is 3.33. The standard InChI is InChI=1S/C7H11BrN2S/c1-5(8)4-9-7(11)10-6-2-3-6/h6H,1-4H2,(H2,9,10,11). The predicted molar refractivity (Wildman–Crippen MR) is 54.8 cm³/mol. The maximum atomic E-state index is 5.00. The molecule has 1 fully saturated rings. The minimum Gasteiger partial charge on any atom is -0.360 e. The van der Waals surface area contributed by atoms with Crippen molar-refractivity contribution in [3.63, 3.8) is 0 Å². The molecular formula is C7H11BrN2S. The lowest BCUT2D eigenvalue weighted by Crippen LogP contribution is -2.36. The molecule has 1 aliphatic carbocycles. The van der Waals surface area contributed by atoms with Crippen LogP contribution < -0.4 is 10.6 Å². The summed E-state index contributed by atoms with van der Waals surface area (Å²) in [4.78, 5) is 0. The molecule has 0 aromatic rings. The molecule has 2 N–H and O–H groups in total. The van der Waals surface area contributed by atoms with Gasteiger partial charge in [-0.3, -0.25) is 0 Å². The van der Waals surface area contributed by atoms with E-state index in [1.165, 1.54) is 12.8 Å². The van der Waals surface area contributed by atoms with Crippen molar-refractivity contribution in [2.75, 3.05) is 6.54 Å². The minimum absolute atomic E-state index is 0.624. The van der Waals surface area contributed by atoms with E-state index < -0.39 is 0 Å². The second-order valence-electron chi connectivity index (χ2n) is 2.62. The molecule has 2 nitrogen and oxygen atoms in total. The highest BCUT2D eigenvalue weighted by molar-refractivity contribution is 9.11. The van der Waals surface area contributed by atoms with Crippen LogP contribution in [-0.4, -0.2) is 17.7 Å². The molecule has 0 radical (unpaired) electrons. The maximum absolute atomic E-state index is 5.00. The van der Waals surface area contributed by atoms with Gasteiger partial charge in [-0.25, -0.2) is 0 Å². The lowest BCUT2D eigenvalue weighted by molar-refractivity contribution is 0.866. The van der Waals surface area contributed by atoms with Gasteiger partial charge in [0.1, 0.15) is 0 Å². The molecule has 1 aliphatic rings. The number of hydrogen-bond donors (Lipinski definition) is 2. The largest absolute Gasteiger partial charge is 0.360 e. The first-order valence-corrected chi connectivity index (χ1v) is 4.76. The monoisotopic (exact) mass is 234 g/mol. The summed E-state index contributed by atoms with van der Waals surface area (Å²) in [5, 5.41) is 6.92. The molecule has 0 bridgehead atoms. The highest BCUT2D eigenvalue weighted by Gasteiger charge is 2.21. The lowest BCUT2D eigenvalue weighted by atomic mass is 10.6. The van der Waals surface area contributed by atoms with E-state index in [1.807, 2.05) is 0 Å². The Hall–Kier alpha value is -0.0900. The second-order valence-corrected chi connectivity index (χ2v) is 4.15. The summed E-state index contributed by atoms with van der Waals surface area (Å²) in [6.45, 7) is 4.38. The van der Waals surface area contributed by atoms with Crippen molar-refractivity contribution in [3.8, 4) is 0 Å². The summed E-state index contributed by atoms with van der Waals surface area (Å²) >= 11 is 8.24. The van der Waals surface area contributed by atoms with Gasteiger partial charge in [0.25, 0.3) is 0 Å². The number of hydrogen-bond acceptors (Lipinski definition) is 1. The summed E-state index contributed by atoms with van der Waals surface area (Å²) in [5.41, 5.74) is 0. The number of halogens is 1. The van der Waals surface area contributed by atoms with Crippen LogP contribution in [0.3, 0.4) is 0 Å². The van der Waals surface area contributed by atoms with Gasteiger partial charge in [-0.15, -0.1) is 0 Å². The molecule has 0 aliphatic heterocycles. The normalized spacial score (nSPS) is 15.7. The molecule has 0 unspecified atom stereocenters. The van der Waals surface area contributed by atoms with Crippen molar-refractivity contribution < 1.29 is 0 Å². The van der Waals surface area contributed by atoms with Crippen molar-refractivity contribution >= 4 is 33.3 Å². The number of thiocarbonyl (C=S) groups is 1. The topological polar surface area (TPSA) is 24.1 Å². The highest BCUT2D eigenvalue weighted by atomic mass is 79.9. The number of rotatable bonds is 3. The third-order valence-corrected chi connectivity index (χ3v) is 1.90. The van der Waals surface area contributed by atoms with Gasteiger partial charge in [0.15, 0.2) is 5.11 Å². The van der Waals surface area contributed by atoms with E-state index in [0.29, 0.717) is 12.6 Å². The third kappa shape index (κ3) is 4.37. The Bertz CT molecular complexity index is 177. The summed E-state index contributed by atoms with van der Waals surface area (Å²) in [7, 11) is 0.